The van der Waals surface area contributed by atoms with Crippen molar-refractivity contribution in [2.75, 3.05) is 32.5 Å². The van der Waals surface area contributed by atoms with Crippen LogP contribution in [0.5, 0.6) is 0 Å². The fourth-order valence-corrected chi connectivity index (χ4v) is 3.20. The normalized spacial score (nSPS) is 18.1. The van der Waals surface area contributed by atoms with Crippen molar-refractivity contribution in [3.63, 3.8) is 0 Å². The molecule has 1 atom stereocenters. The molecule has 1 aliphatic carbocycles. The van der Waals surface area contributed by atoms with Gasteiger partial charge in [-0.05, 0) is 39.9 Å². The number of carboxylic acids is 1. The summed E-state index contributed by atoms with van der Waals surface area (Å²) >= 11 is 1.60. The van der Waals surface area contributed by atoms with Crippen LogP contribution >= 0.6 is 11.3 Å². The molecule has 1 heterocycles. The Morgan fingerprint density at radius 2 is 2.39 bits per heavy atom. The number of aliphatic carboxylic acids is 1. The molecule has 1 aromatic rings. The first-order valence-electron chi connectivity index (χ1n) is 6.19. The van der Waals surface area contributed by atoms with Crippen molar-refractivity contribution in [1.29, 1.82) is 0 Å². The van der Waals surface area contributed by atoms with E-state index in [9.17, 15) is 4.79 Å². The Morgan fingerprint density at radius 3 is 3.06 bits per heavy atom. The number of aromatic nitrogens is 1. The fourth-order valence-electron chi connectivity index (χ4n) is 2.13. The van der Waals surface area contributed by atoms with Crippen LogP contribution in [0.15, 0.2) is 0 Å². The molecule has 100 valence electrons. The molecule has 2 rings (SSSR count). The van der Waals surface area contributed by atoms with E-state index in [1.54, 1.807) is 11.3 Å². The summed E-state index contributed by atoms with van der Waals surface area (Å²) in [4.78, 5) is 18.8. The first-order valence-corrected chi connectivity index (χ1v) is 7.00. The molecule has 6 heteroatoms. The van der Waals surface area contributed by atoms with E-state index < -0.39 is 11.9 Å². The maximum absolute atomic E-state index is 11.0. The van der Waals surface area contributed by atoms with Gasteiger partial charge in [-0.1, -0.05) is 0 Å². The number of hydrogen-bond donors (Lipinski definition) is 2. The average molecular weight is 269 g/mol. The molecule has 0 amide bonds. The molecule has 0 spiro atoms. The minimum atomic E-state index is -0.752. The maximum atomic E-state index is 11.0. The topological polar surface area (TPSA) is 65.5 Å². The van der Waals surface area contributed by atoms with Crippen molar-refractivity contribution >= 4 is 22.4 Å². The fraction of sp³-hybridized carbons (Fsp3) is 0.667. The molecule has 5 nitrogen and oxygen atoms in total. The molecular formula is C12H19N3O2S. The van der Waals surface area contributed by atoms with Gasteiger partial charge in [0.1, 0.15) is 5.92 Å². The molecule has 0 saturated heterocycles. The van der Waals surface area contributed by atoms with Crippen molar-refractivity contribution < 1.29 is 9.90 Å². The summed E-state index contributed by atoms with van der Waals surface area (Å²) in [6.07, 6.45) is 2.60. The summed E-state index contributed by atoms with van der Waals surface area (Å²) < 4.78 is 0. The minimum absolute atomic E-state index is 0.395. The Kier molecular flexibility index (Phi) is 4.19. The van der Waals surface area contributed by atoms with Gasteiger partial charge in [-0.25, -0.2) is 4.98 Å². The van der Waals surface area contributed by atoms with Crippen LogP contribution < -0.4 is 5.32 Å². The molecule has 0 aromatic carbocycles. The van der Waals surface area contributed by atoms with E-state index in [0.29, 0.717) is 6.42 Å². The van der Waals surface area contributed by atoms with E-state index in [4.69, 9.17) is 5.11 Å². The molecule has 0 aliphatic heterocycles. The summed E-state index contributed by atoms with van der Waals surface area (Å²) in [5.41, 5.74) is 0.780. The van der Waals surface area contributed by atoms with E-state index >= 15 is 0 Å². The first kappa shape index (κ1) is 13.3. The van der Waals surface area contributed by atoms with E-state index in [2.05, 4.69) is 29.3 Å². The van der Waals surface area contributed by atoms with Crippen LogP contribution in [0.3, 0.4) is 0 Å². The number of nitrogens with one attached hydrogen (secondary N) is 1. The Balaban J connectivity index is 1.89. The molecular weight excluding hydrogens is 250 g/mol. The Bertz CT molecular complexity index is 431. The number of carboxylic acid groups (broad SMARTS) is 1. The predicted octanol–water partition coefficient (Wildman–Crippen LogP) is 1.62. The number of hydrogen-bond acceptors (Lipinski definition) is 5. The lowest BCUT2D eigenvalue weighted by atomic mass is 10.1. The van der Waals surface area contributed by atoms with Crippen molar-refractivity contribution in [1.82, 2.24) is 9.88 Å². The monoisotopic (exact) mass is 269 g/mol. The smallest absolute Gasteiger partial charge is 0.312 e. The van der Waals surface area contributed by atoms with E-state index in [-0.39, 0.29) is 0 Å². The summed E-state index contributed by atoms with van der Waals surface area (Å²) in [5.74, 6) is -1.15. The lowest BCUT2D eigenvalue weighted by molar-refractivity contribution is -0.138. The van der Waals surface area contributed by atoms with Gasteiger partial charge in [0.2, 0.25) is 0 Å². The summed E-state index contributed by atoms with van der Waals surface area (Å²) in [5, 5.41) is 13.2. The van der Waals surface area contributed by atoms with Gasteiger partial charge in [-0.15, -0.1) is 11.3 Å². The van der Waals surface area contributed by atoms with Crippen molar-refractivity contribution in [3.05, 3.63) is 10.6 Å². The SMILES string of the molecule is CN(C)CCCNc1nc2c(s1)CCC2C(=O)O. The van der Waals surface area contributed by atoms with Gasteiger partial charge in [0, 0.05) is 11.4 Å². The number of nitrogens with zero attached hydrogens (tertiary/aromatic N) is 2. The molecule has 0 fully saturated rings. The predicted molar refractivity (Wildman–Crippen MR) is 72.5 cm³/mol. The minimum Gasteiger partial charge on any atom is -0.481 e. The van der Waals surface area contributed by atoms with Gasteiger partial charge in [0.15, 0.2) is 5.13 Å². The van der Waals surface area contributed by atoms with Gasteiger partial charge in [-0.3, -0.25) is 4.79 Å². The van der Waals surface area contributed by atoms with Gasteiger partial charge in [0.05, 0.1) is 5.69 Å². The zero-order valence-electron chi connectivity index (χ0n) is 10.8. The van der Waals surface area contributed by atoms with Crippen LogP contribution in [-0.2, 0) is 11.2 Å². The highest BCUT2D eigenvalue weighted by atomic mass is 32.1. The van der Waals surface area contributed by atoms with Gasteiger partial charge < -0.3 is 15.3 Å². The highest BCUT2D eigenvalue weighted by molar-refractivity contribution is 7.15. The second kappa shape index (κ2) is 5.67. The third-order valence-corrected chi connectivity index (χ3v) is 4.16. The zero-order chi connectivity index (χ0) is 13.1. The molecule has 1 unspecified atom stereocenters. The second-order valence-electron chi connectivity index (χ2n) is 4.84. The third-order valence-electron chi connectivity index (χ3n) is 3.07. The maximum Gasteiger partial charge on any atom is 0.312 e. The molecule has 1 aromatic heterocycles. The summed E-state index contributed by atoms with van der Waals surface area (Å²) in [6.45, 7) is 1.91. The van der Waals surface area contributed by atoms with Crippen molar-refractivity contribution in [3.8, 4) is 0 Å². The van der Waals surface area contributed by atoms with Crippen LogP contribution in [0, 0.1) is 0 Å². The highest BCUT2D eigenvalue weighted by Gasteiger charge is 2.32. The Hall–Kier alpha value is -1.14. The number of anilines is 1. The van der Waals surface area contributed by atoms with Gasteiger partial charge in [-0.2, -0.15) is 0 Å². The Labute approximate surface area is 111 Å². The number of carbonyl (C=O) groups is 1. The van der Waals surface area contributed by atoms with Crippen LogP contribution in [0.2, 0.25) is 0 Å². The highest BCUT2D eigenvalue weighted by Crippen LogP contribution is 2.38. The lowest BCUT2D eigenvalue weighted by Crippen LogP contribution is -2.16. The van der Waals surface area contributed by atoms with Crippen LogP contribution in [0.25, 0.3) is 0 Å². The third kappa shape index (κ3) is 3.00. The summed E-state index contributed by atoms with van der Waals surface area (Å²) in [6, 6.07) is 0. The van der Waals surface area contributed by atoms with Gasteiger partial charge in [0.25, 0.3) is 0 Å². The summed E-state index contributed by atoms with van der Waals surface area (Å²) in [7, 11) is 4.10. The molecule has 0 bridgehead atoms. The van der Waals surface area contributed by atoms with Crippen LogP contribution in [-0.4, -0.2) is 48.1 Å². The number of aryl methyl sites for hydroxylation is 1. The molecule has 0 saturated carbocycles. The first-order chi connectivity index (χ1) is 8.58. The van der Waals surface area contributed by atoms with E-state index in [0.717, 1.165) is 41.6 Å². The van der Waals surface area contributed by atoms with Crippen LogP contribution in [0.1, 0.15) is 29.3 Å². The quantitative estimate of drug-likeness (QED) is 0.768. The zero-order valence-corrected chi connectivity index (χ0v) is 11.6. The number of thiazole rings is 1. The van der Waals surface area contributed by atoms with Crippen LogP contribution in [0.4, 0.5) is 5.13 Å². The largest absolute Gasteiger partial charge is 0.481 e. The lowest BCUT2D eigenvalue weighted by Gasteiger charge is -2.09. The molecule has 2 N–H and O–H groups in total. The van der Waals surface area contributed by atoms with E-state index in [1.165, 1.54) is 0 Å². The standard InChI is InChI=1S/C12H19N3O2S/c1-15(2)7-3-6-13-12-14-10-8(11(16)17)4-5-9(10)18-12/h8H,3-7H2,1-2H3,(H,13,14)(H,16,17). The van der Waals surface area contributed by atoms with Crippen molar-refractivity contribution in [2.45, 2.75) is 25.2 Å². The van der Waals surface area contributed by atoms with Gasteiger partial charge >= 0.3 is 5.97 Å². The molecule has 1 aliphatic rings. The van der Waals surface area contributed by atoms with Crippen molar-refractivity contribution in [2.24, 2.45) is 0 Å². The number of fused-ring (bicyclic) bond motifs is 1. The molecule has 18 heavy (non-hydrogen) atoms. The van der Waals surface area contributed by atoms with E-state index in [1.807, 2.05) is 0 Å². The number of rotatable bonds is 6. The Morgan fingerprint density at radius 1 is 1.61 bits per heavy atom. The average Bonchev–Trinajstić information content (AvgIpc) is 2.82. The second-order valence-corrected chi connectivity index (χ2v) is 5.92. The molecule has 0 radical (unpaired) electrons.